The Morgan fingerprint density at radius 2 is 1.10 bits per heavy atom. The number of hydrogen-bond acceptors (Lipinski definition) is 4. The third-order valence-corrected chi connectivity index (χ3v) is 7.37. The number of hydrogen-bond donors (Lipinski definition) is 2. The third-order valence-electron chi connectivity index (χ3n) is 3.83. The Bertz CT molecular complexity index is 538. The summed E-state index contributed by atoms with van der Waals surface area (Å²) in [5, 5.41) is 0. The van der Waals surface area contributed by atoms with Crippen LogP contribution in [0.1, 0.15) is 22.3 Å². The number of rotatable bonds is 4. The lowest BCUT2D eigenvalue weighted by atomic mass is 10.0. The van der Waals surface area contributed by atoms with E-state index in [0.29, 0.717) is 13.1 Å². The molecule has 0 spiro atoms. The lowest BCUT2D eigenvalue weighted by Gasteiger charge is -2.29. The van der Waals surface area contributed by atoms with Gasteiger partial charge in [-0.2, -0.15) is 0 Å². The summed E-state index contributed by atoms with van der Waals surface area (Å²) in [6.07, 6.45) is 0. The van der Waals surface area contributed by atoms with Gasteiger partial charge in [0.15, 0.2) is 0 Å². The van der Waals surface area contributed by atoms with Gasteiger partial charge >= 0.3 is 0 Å². The second-order valence-electron chi connectivity index (χ2n) is 5.12. The van der Waals surface area contributed by atoms with Crippen LogP contribution in [0.4, 0.5) is 0 Å². The van der Waals surface area contributed by atoms with E-state index in [1.165, 1.54) is 33.8 Å². The van der Waals surface area contributed by atoms with Gasteiger partial charge in [-0.1, -0.05) is 48.5 Å². The minimum absolute atomic E-state index is 0.0141. The summed E-state index contributed by atoms with van der Waals surface area (Å²) in [6.45, 7) is 1.19. The van der Waals surface area contributed by atoms with Gasteiger partial charge < -0.3 is 11.5 Å². The molecule has 110 valence electrons. The lowest BCUT2D eigenvalue weighted by Crippen LogP contribution is -2.16. The topological polar surface area (TPSA) is 52.0 Å². The van der Waals surface area contributed by atoms with Crippen LogP contribution in [0.2, 0.25) is 0 Å². The van der Waals surface area contributed by atoms with E-state index in [1.54, 1.807) is 0 Å². The van der Waals surface area contributed by atoms with Gasteiger partial charge in [0.2, 0.25) is 0 Å². The summed E-state index contributed by atoms with van der Waals surface area (Å²) in [7, 11) is 0. The monoisotopic (exact) mass is 316 g/mol. The van der Waals surface area contributed by atoms with Crippen LogP contribution in [0, 0.1) is 0 Å². The van der Waals surface area contributed by atoms with Gasteiger partial charge in [-0.3, -0.25) is 0 Å². The minimum Gasteiger partial charge on any atom is -0.326 e. The van der Waals surface area contributed by atoms with Gasteiger partial charge in [0.1, 0.15) is 4.08 Å². The minimum atomic E-state index is 0.0141. The molecule has 0 saturated carbocycles. The molecule has 21 heavy (non-hydrogen) atoms. The summed E-state index contributed by atoms with van der Waals surface area (Å²) in [5.41, 5.74) is 16.5. The van der Waals surface area contributed by atoms with Gasteiger partial charge in [-0.25, -0.2) is 0 Å². The van der Waals surface area contributed by atoms with E-state index in [4.69, 9.17) is 11.5 Å². The van der Waals surface area contributed by atoms with Crippen LogP contribution in [-0.4, -0.2) is 11.5 Å². The molecular weight excluding hydrogens is 296 g/mol. The first kappa shape index (κ1) is 15.0. The van der Waals surface area contributed by atoms with Crippen LogP contribution in [0.25, 0.3) is 0 Å². The SMILES string of the molecule is NCc1ccc(C2(c3ccc(CN)cc3)SCCS2)cc1. The molecular formula is C17H20N2S2. The fourth-order valence-corrected chi connectivity index (χ4v) is 5.92. The normalized spacial score (nSPS) is 17.0. The van der Waals surface area contributed by atoms with Gasteiger partial charge in [0, 0.05) is 24.6 Å². The number of nitrogens with two attached hydrogens (primary N) is 2. The molecule has 0 atom stereocenters. The largest absolute Gasteiger partial charge is 0.326 e. The van der Waals surface area contributed by atoms with Gasteiger partial charge in [-0.05, 0) is 22.3 Å². The van der Waals surface area contributed by atoms with Crippen molar-refractivity contribution in [3.05, 3.63) is 70.8 Å². The molecule has 1 fully saturated rings. The molecule has 2 aromatic carbocycles. The van der Waals surface area contributed by atoms with E-state index in [9.17, 15) is 0 Å². The zero-order chi connectivity index (χ0) is 14.7. The predicted octanol–water partition coefficient (Wildman–Crippen LogP) is 3.29. The maximum atomic E-state index is 5.71. The fraction of sp³-hybridized carbons (Fsp3) is 0.294. The molecule has 0 radical (unpaired) electrons. The van der Waals surface area contributed by atoms with E-state index in [0.717, 1.165) is 0 Å². The van der Waals surface area contributed by atoms with Crippen LogP contribution in [0.3, 0.4) is 0 Å². The lowest BCUT2D eigenvalue weighted by molar-refractivity contribution is 1.03. The van der Waals surface area contributed by atoms with Crippen molar-refractivity contribution in [3.63, 3.8) is 0 Å². The van der Waals surface area contributed by atoms with Crippen molar-refractivity contribution in [2.75, 3.05) is 11.5 Å². The molecule has 4 N–H and O–H groups in total. The van der Waals surface area contributed by atoms with E-state index < -0.39 is 0 Å². The molecule has 2 aromatic rings. The quantitative estimate of drug-likeness (QED) is 0.909. The number of benzene rings is 2. The first-order valence-corrected chi connectivity index (χ1v) is 9.12. The van der Waals surface area contributed by atoms with E-state index in [1.807, 2.05) is 23.5 Å². The van der Waals surface area contributed by atoms with Crippen LogP contribution < -0.4 is 11.5 Å². The highest BCUT2D eigenvalue weighted by molar-refractivity contribution is 8.20. The molecule has 0 aromatic heterocycles. The third kappa shape index (κ3) is 2.86. The summed E-state index contributed by atoms with van der Waals surface area (Å²) in [5.74, 6) is 2.36. The molecule has 1 saturated heterocycles. The Morgan fingerprint density at radius 1 is 0.714 bits per heavy atom. The Balaban J connectivity index is 2.01. The second-order valence-corrected chi connectivity index (χ2v) is 7.99. The number of thioether (sulfide) groups is 2. The van der Waals surface area contributed by atoms with Crippen molar-refractivity contribution in [2.45, 2.75) is 17.2 Å². The molecule has 4 heteroatoms. The fourth-order valence-electron chi connectivity index (χ4n) is 2.63. The first-order chi connectivity index (χ1) is 10.3. The summed E-state index contributed by atoms with van der Waals surface area (Å²) < 4.78 is 0.0141. The van der Waals surface area contributed by atoms with E-state index in [2.05, 4.69) is 48.5 Å². The van der Waals surface area contributed by atoms with Crippen molar-refractivity contribution in [1.82, 2.24) is 0 Å². The maximum absolute atomic E-state index is 5.71. The van der Waals surface area contributed by atoms with Crippen LogP contribution >= 0.6 is 23.5 Å². The highest BCUT2D eigenvalue weighted by Crippen LogP contribution is 2.56. The average Bonchev–Trinajstić information content (AvgIpc) is 3.06. The van der Waals surface area contributed by atoms with Gasteiger partial charge in [0.25, 0.3) is 0 Å². The Hall–Kier alpha value is -0.940. The average molecular weight is 316 g/mol. The zero-order valence-corrected chi connectivity index (χ0v) is 13.6. The predicted molar refractivity (Wildman–Crippen MR) is 94.4 cm³/mol. The molecule has 0 unspecified atom stereocenters. The van der Waals surface area contributed by atoms with Crippen LogP contribution in [-0.2, 0) is 17.2 Å². The molecule has 0 aliphatic carbocycles. The smallest absolute Gasteiger partial charge is 0.111 e. The Labute approximate surface area is 134 Å². The summed E-state index contributed by atoms with van der Waals surface area (Å²) in [6, 6.07) is 17.5. The zero-order valence-electron chi connectivity index (χ0n) is 11.9. The second kappa shape index (κ2) is 6.44. The van der Waals surface area contributed by atoms with Crippen molar-refractivity contribution < 1.29 is 0 Å². The van der Waals surface area contributed by atoms with Crippen molar-refractivity contribution >= 4 is 23.5 Å². The molecule has 1 heterocycles. The molecule has 0 amide bonds. The van der Waals surface area contributed by atoms with Crippen molar-refractivity contribution in [1.29, 1.82) is 0 Å². The van der Waals surface area contributed by atoms with E-state index in [-0.39, 0.29) is 4.08 Å². The summed E-state index contributed by atoms with van der Waals surface area (Å²) >= 11 is 4.05. The van der Waals surface area contributed by atoms with Crippen LogP contribution in [0.5, 0.6) is 0 Å². The van der Waals surface area contributed by atoms with Crippen molar-refractivity contribution in [3.8, 4) is 0 Å². The highest BCUT2D eigenvalue weighted by Gasteiger charge is 2.39. The standard InChI is InChI=1S/C17H20N2S2/c18-11-13-1-5-15(6-2-13)17(20-9-10-21-17)16-7-3-14(12-19)4-8-16/h1-8H,9-12,18-19H2. The van der Waals surface area contributed by atoms with Gasteiger partial charge in [0.05, 0.1) is 0 Å². The highest BCUT2D eigenvalue weighted by atomic mass is 32.2. The molecule has 1 aliphatic rings. The molecule has 3 rings (SSSR count). The summed E-state index contributed by atoms with van der Waals surface area (Å²) in [4.78, 5) is 0. The molecule has 1 aliphatic heterocycles. The molecule has 0 bridgehead atoms. The van der Waals surface area contributed by atoms with E-state index >= 15 is 0 Å². The van der Waals surface area contributed by atoms with Crippen LogP contribution in [0.15, 0.2) is 48.5 Å². The van der Waals surface area contributed by atoms with Gasteiger partial charge in [-0.15, -0.1) is 23.5 Å². The maximum Gasteiger partial charge on any atom is 0.111 e. The Morgan fingerprint density at radius 3 is 1.43 bits per heavy atom. The molecule has 2 nitrogen and oxygen atoms in total. The van der Waals surface area contributed by atoms with Crippen molar-refractivity contribution in [2.24, 2.45) is 11.5 Å². The Kier molecular flexibility index (Phi) is 4.60. The first-order valence-electron chi connectivity index (χ1n) is 7.15.